The number of halogens is 3. The summed E-state index contributed by atoms with van der Waals surface area (Å²) >= 11 is 0. The predicted molar refractivity (Wildman–Crippen MR) is 58.2 cm³/mol. The number of methoxy groups -OCH3 is 1. The second kappa shape index (κ2) is 5.03. The Kier molecular flexibility index (Phi) is 3.89. The standard InChI is InChI=1S/C10H11F3N2O3/c1-17-9(16)5-2-6(14)7(15)3-8(5)18-4-10(11,12)13/h2-3H,4,14-15H2,1H3. The molecule has 0 fully saturated rings. The van der Waals surface area contributed by atoms with Crippen molar-refractivity contribution in [2.24, 2.45) is 0 Å². The first-order valence-corrected chi connectivity index (χ1v) is 4.71. The number of nitrogens with two attached hydrogens (primary N) is 2. The molecule has 1 aromatic rings. The Morgan fingerprint density at radius 1 is 1.28 bits per heavy atom. The van der Waals surface area contributed by atoms with Crippen LogP contribution >= 0.6 is 0 Å². The van der Waals surface area contributed by atoms with Crippen LogP contribution in [0.1, 0.15) is 10.4 Å². The molecule has 18 heavy (non-hydrogen) atoms. The molecule has 0 atom stereocenters. The molecule has 1 rings (SSSR count). The van der Waals surface area contributed by atoms with Gasteiger partial charge in [-0.05, 0) is 6.07 Å². The minimum Gasteiger partial charge on any atom is -0.483 e. The average Bonchev–Trinajstić information content (AvgIpc) is 2.28. The highest BCUT2D eigenvalue weighted by Crippen LogP contribution is 2.29. The van der Waals surface area contributed by atoms with E-state index in [1.807, 2.05) is 0 Å². The van der Waals surface area contributed by atoms with Crippen LogP contribution in [0.5, 0.6) is 5.75 Å². The van der Waals surface area contributed by atoms with Crippen molar-refractivity contribution in [2.75, 3.05) is 25.2 Å². The Balaban J connectivity index is 3.08. The van der Waals surface area contributed by atoms with Crippen LogP contribution in [-0.2, 0) is 4.74 Å². The molecule has 0 radical (unpaired) electrons. The second-order valence-electron chi connectivity index (χ2n) is 3.37. The van der Waals surface area contributed by atoms with Gasteiger partial charge in [0.25, 0.3) is 0 Å². The van der Waals surface area contributed by atoms with Gasteiger partial charge in [0.1, 0.15) is 11.3 Å². The Morgan fingerprint density at radius 2 is 1.83 bits per heavy atom. The number of rotatable bonds is 3. The predicted octanol–water partition coefficient (Wildman–Crippen LogP) is 1.58. The highest BCUT2D eigenvalue weighted by atomic mass is 19.4. The Labute approximate surface area is 100 Å². The molecule has 0 spiro atoms. The first kappa shape index (κ1) is 13.9. The van der Waals surface area contributed by atoms with Crippen molar-refractivity contribution in [1.29, 1.82) is 0 Å². The van der Waals surface area contributed by atoms with Crippen molar-refractivity contribution in [3.05, 3.63) is 17.7 Å². The summed E-state index contributed by atoms with van der Waals surface area (Å²) in [6.07, 6.45) is -4.52. The summed E-state index contributed by atoms with van der Waals surface area (Å²) in [5, 5.41) is 0. The smallest absolute Gasteiger partial charge is 0.422 e. The van der Waals surface area contributed by atoms with Crippen LogP contribution in [-0.4, -0.2) is 25.9 Å². The lowest BCUT2D eigenvalue weighted by Gasteiger charge is -2.13. The molecule has 0 aliphatic heterocycles. The molecule has 1 aromatic carbocycles. The van der Waals surface area contributed by atoms with Gasteiger partial charge in [0.2, 0.25) is 0 Å². The molecule has 5 nitrogen and oxygen atoms in total. The fourth-order valence-electron chi connectivity index (χ4n) is 1.16. The van der Waals surface area contributed by atoms with E-state index in [0.717, 1.165) is 19.2 Å². The third-order valence-corrected chi connectivity index (χ3v) is 1.98. The van der Waals surface area contributed by atoms with Gasteiger partial charge < -0.3 is 20.9 Å². The molecule has 0 heterocycles. The molecule has 0 aromatic heterocycles. The summed E-state index contributed by atoms with van der Waals surface area (Å²) in [6.45, 7) is -1.54. The Bertz CT molecular complexity index is 460. The first-order valence-electron chi connectivity index (χ1n) is 4.71. The lowest BCUT2D eigenvalue weighted by molar-refractivity contribution is -0.153. The molecule has 0 bridgehead atoms. The van der Waals surface area contributed by atoms with Crippen LogP contribution in [0.3, 0.4) is 0 Å². The molecule has 0 aliphatic carbocycles. The number of carbonyl (C=O) groups is 1. The molecule has 100 valence electrons. The van der Waals surface area contributed by atoms with E-state index < -0.39 is 18.8 Å². The van der Waals surface area contributed by atoms with E-state index in [9.17, 15) is 18.0 Å². The van der Waals surface area contributed by atoms with Crippen molar-refractivity contribution in [3.8, 4) is 5.75 Å². The fraction of sp³-hybridized carbons (Fsp3) is 0.300. The number of hydrogen-bond acceptors (Lipinski definition) is 5. The van der Waals surface area contributed by atoms with E-state index in [1.165, 1.54) is 0 Å². The third kappa shape index (κ3) is 3.44. The molecule has 0 unspecified atom stereocenters. The molecule has 0 saturated carbocycles. The van der Waals surface area contributed by atoms with E-state index in [0.29, 0.717) is 0 Å². The minimum absolute atomic E-state index is 0.0137. The zero-order chi connectivity index (χ0) is 13.9. The SMILES string of the molecule is COC(=O)c1cc(N)c(N)cc1OCC(F)(F)F. The van der Waals surface area contributed by atoms with Crippen LogP contribution < -0.4 is 16.2 Å². The van der Waals surface area contributed by atoms with Crippen LogP contribution in [0, 0.1) is 0 Å². The van der Waals surface area contributed by atoms with Crippen molar-refractivity contribution >= 4 is 17.3 Å². The fourth-order valence-corrected chi connectivity index (χ4v) is 1.16. The maximum atomic E-state index is 12.0. The second-order valence-corrected chi connectivity index (χ2v) is 3.37. The number of benzene rings is 1. The summed E-state index contributed by atoms with van der Waals surface area (Å²) in [4.78, 5) is 11.3. The molecule has 0 saturated heterocycles. The van der Waals surface area contributed by atoms with Gasteiger partial charge in [-0.25, -0.2) is 4.79 Å². The van der Waals surface area contributed by atoms with Crippen molar-refractivity contribution < 1.29 is 27.4 Å². The van der Waals surface area contributed by atoms with Crippen LogP contribution in [0.15, 0.2) is 12.1 Å². The Hall–Kier alpha value is -2.12. The van der Waals surface area contributed by atoms with E-state index in [4.69, 9.17) is 11.5 Å². The van der Waals surface area contributed by atoms with Crippen LogP contribution in [0.2, 0.25) is 0 Å². The average molecular weight is 264 g/mol. The zero-order valence-corrected chi connectivity index (χ0v) is 9.38. The molecule has 4 N–H and O–H groups in total. The summed E-state index contributed by atoms with van der Waals surface area (Å²) in [5.41, 5.74) is 10.7. The van der Waals surface area contributed by atoms with Gasteiger partial charge >= 0.3 is 12.1 Å². The first-order chi connectivity index (χ1) is 8.24. The van der Waals surface area contributed by atoms with Gasteiger partial charge in [-0.3, -0.25) is 0 Å². The zero-order valence-electron chi connectivity index (χ0n) is 9.38. The highest BCUT2D eigenvalue weighted by Gasteiger charge is 2.29. The highest BCUT2D eigenvalue weighted by molar-refractivity contribution is 5.95. The molecule has 0 aliphatic rings. The van der Waals surface area contributed by atoms with Gasteiger partial charge in [0, 0.05) is 6.07 Å². The van der Waals surface area contributed by atoms with Crippen LogP contribution in [0.25, 0.3) is 0 Å². The summed E-state index contributed by atoms with van der Waals surface area (Å²) in [6, 6.07) is 2.15. The van der Waals surface area contributed by atoms with Gasteiger partial charge in [-0.1, -0.05) is 0 Å². The van der Waals surface area contributed by atoms with E-state index >= 15 is 0 Å². The molecule has 0 amide bonds. The summed E-state index contributed by atoms with van der Waals surface area (Å²) in [5.74, 6) is -1.19. The number of esters is 1. The molecule has 8 heteroatoms. The van der Waals surface area contributed by atoms with Crippen molar-refractivity contribution in [3.63, 3.8) is 0 Å². The Morgan fingerprint density at radius 3 is 2.33 bits per heavy atom. The van der Waals surface area contributed by atoms with E-state index in [1.54, 1.807) is 0 Å². The largest absolute Gasteiger partial charge is 0.483 e. The number of ether oxygens (including phenoxy) is 2. The van der Waals surface area contributed by atoms with Crippen molar-refractivity contribution in [1.82, 2.24) is 0 Å². The van der Waals surface area contributed by atoms with Gasteiger partial charge in [0.05, 0.1) is 18.5 Å². The van der Waals surface area contributed by atoms with Crippen molar-refractivity contribution in [2.45, 2.75) is 6.18 Å². The monoisotopic (exact) mass is 264 g/mol. The van der Waals surface area contributed by atoms with Crippen LogP contribution in [0.4, 0.5) is 24.5 Å². The lowest BCUT2D eigenvalue weighted by Crippen LogP contribution is -2.20. The van der Waals surface area contributed by atoms with Gasteiger partial charge in [-0.2, -0.15) is 13.2 Å². The number of hydrogen-bond donors (Lipinski definition) is 2. The summed E-state index contributed by atoms with van der Waals surface area (Å²) in [7, 11) is 1.09. The number of alkyl halides is 3. The maximum absolute atomic E-state index is 12.0. The van der Waals surface area contributed by atoms with Gasteiger partial charge in [0.15, 0.2) is 6.61 Å². The third-order valence-electron chi connectivity index (χ3n) is 1.98. The molecular formula is C10H11F3N2O3. The van der Waals surface area contributed by atoms with E-state index in [2.05, 4.69) is 9.47 Å². The lowest BCUT2D eigenvalue weighted by atomic mass is 10.1. The quantitative estimate of drug-likeness (QED) is 0.639. The topological polar surface area (TPSA) is 87.6 Å². The number of carbonyl (C=O) groups excluding carboxylic acids is 1. The van der Waals surface area contributed by atoms with E-state index in [-0.39, 0.29) is 22.7 Å². The molecular weight excluding hydrogens is 253 g/mol. The minimum atomic E-state index is -4.52. The number of nitrogen functional groups attached to an aromatic ring is 2. The number of anilines is 2. The van der Waals surface area contributed by atoms with Gasteiger partial charge in [-0.15, -0.1) is 0 Å². The maximum Gasteiger partial charge on any atom is 0.422 e. The summed E-state index contributed by atoms with van der Waals surface area (Å²) < 4.78 is 45.0. The normalized spacial score (nSPS) is 11.1.